The van der Waals surface area contributed by atoms with Crippen LogP contribution in [0.2, 0.25) is 5.02 Å². The lowest BCUT2D eigenvalue weighted by Gasteiger charge is -2.31. The summed E-state index contributed by atoms with van der Waals surface area (Å²) >= 11 is 6.14. The summed E-state index contributed by atoms with van der Waals surface area (Å²) in [5.41, 5.74) is 6.64. The fourth-order valence-corrected chi connectivity index (χ4v) is 2.15. The van der Waals surface area contributed by atoms with Crippen LogP contribution in [0.3, 0.4) is 0 Å². The molecule has 1 unspecified atom stereocenters. The summed E-state index contributed by atoms with van der Waals surface area (Å²) < 4.78 is 0. The van der Waals surface area contributed by atoms with Gasteiger partial charge in [0.15, 0.2) is 0 Å². The average molecular weight is 271 g/mol. The highest BCUT2D eigenvalue weighted by Gasteiger charge is 2.22. The van der Waals surface area contributed by atoms with Gasteiger partial charge in [-0.2, -0.15) is 0 Å². The molecule has 3 N–H and O–H groups in total. The van der Waals surface area contributed by atoms with Crippen LogP contribution in [0.15, 0.2) is 12.1 Å². The van der Waals surface area contributed by atoms with Crippen LogP contribution in [-0.2, 0) is 0 Å². The van der Waals surface area contributed by atoms with Gasteiger partial charge in [-0.15, -0.1) is 0 Å². The molecule has 0 heterocycles. The summed E-state index contributed by atoms with van der Waals surface area (Å²) in [6, 6.07) is 3.18. The van der Waals surface area contributed by atoms with Gasteiger partial charge in [0.05, 0.1) is 16.3 Å². The van der Waals surface area contributed by atoms with Crippen LogP contribution in [0.25, 0.3) is 0 Å². The summed E-state index contributed by atoms with van der Waals surface area (Å²) in [7, 11) is 1.84. The average Bonchev–Trinajstić information content (AvgIpc) is 2.25. The Kier molecular flexibility index (Phi) is 4.46. The summed E-state index contributed by atoms with van der Waals surface area (Å²) in [4.78, 5) is 13.2. The second kappa shape index (κ2) is 5.48. The number of hydrogen-bond donors (Lipinski definition) is 2. The van der Waals surface area contributed by atoms with E-state index in [9.17, 15) is 9.90 Å². The molecule has 0 aliphatic heterocycles. The highest BCUT2D eigenvalue weighted by Crippen LogP contribution is 2.34. The van der Waals surface area contributed by atoms with Crippen molar-refractivity contribution in [3.8, 4) is 0 Å². The first-order valence-corrected chi connectivity index (χ1v) is 6.18. The van der Waals surface area contributed by atoms with E-state index in [-0.39, 0.29) is 11.6 Å². The van der Waals surface area contributed by atoms with Gasteiger partial charge in [-0.25, -0.2) is 4.79 Å². The maximum Gasteiger partial charge on any atom is 0.337 e. The van der Waals surface area contributed by atoms with Crippen molar-refractivity contribution in [1.29, 1.82) is 0 Å². The predicted molar refractivity (Wildman–Crippen MR) is 75.5 cm³/mol. The van der Waals surface area contributed by atoms with Crippen molar-refractivity contribution in [2.75, 3.05) is 17.7 Å². The van der Waals surface area contributed by atoms with Gasteiger partial charge < -0.3 is 15.7 Å². The molecule has 1 aromatic rings. The largest absolute Gasteiger partial charge is 0.478 e. The minimum Gasteiger partial charge on any atom is -0.478 e. The van der Waals surface area contributed by atoms with Crippen molar-refractivity contribution in [2.45, 2.75) is 26.8 Å². The SMILES string of the molecule is CC(C)C(C)N(C)c1c(Cl)cc(N)cc1C(=O)O. The zero-order valence-corrected chi connectivity index (χ0v) is 11.8. The van der Waals surface area contributed by atoms with E-state index in [0.29, 0.717) is 22.3 Å². The van der Waals surface area contributed by atoms with Gasteiger partial charge in [0.1, 0.15) is 0 Å². The molecule has 4 nitrogen and oxygen atoms in total. The molecule has 0 saturated heterocycles. The zero-order chi connectivity index (χ0) is 14.0. The molecule has 0 aromatic heterocycles. The molecule has 0 spiro atoms. The predicted octanol–water partition coefficient (Wildman–Crippen LogP) is 3.10. The van der Waals surface area contributed by atoms with E-state index in [4.69, 9.17) is 17.3 Å². The van der Waals surface area contributed by atoms with Crippen LogP contribution in [-0.4, -0.2) is 24.2 Å². The molecular formula is C13H19ClN2O2. The topological polar surface area (TPSA) is 66.6 Å². The molecule has 0 saturated carbocycles. The van der Waals surface area contributed by atoms with E-state index < -0.39 is 5.97 Å². The Hall–Kier alpha value is -1.42. The second-order valence-electron chi connectivity index (χ2n) is 4.80. The van der Waals surface area contributed by atoms with Gasteiger partial charge in [-0.3, -0.25) is 0 Å². The summed E-state index contributed by atoms with van der Waals surface area (Å²) in [5.74, 6) is -0.646. The molecule has 18 heavy (non-hydrogen) atoms. The van der Waals surface area contributed by atoms with Crippen LogP contribution in [0.5, 0.6) is 0 Å². The van der Waals surface area contributed by atoms with Crippen molar-refractivity contribution in [3.63, 3.8) is 0 Å². The second-order valence-corrected chi connectivity index (χ2v) is 5.21. The van der Waals surface area contributed by atoms with Crippen molar-refractivity contribution in [1.82, 2.24) is 0 Å². The highest BCUT2D eigenvalue weighted by molar-refractivity contribution is 6.34. The van der Waals surface area contributed by atoms with Gasteiger partial charge >= 0.3 is 5.97 Å². The number of hydrogen-bond acceptors (Lipinski definition) is 3. The minimum atomic E-state index is -1.03. The number of benzene rings is 1. The maximum atomic E-state index is 11.3. The quantitative estimate of drug-likeness (QED) is 0.825. The maximum absolute atomic E-state index is 11.3. The number of rotatable bonds is 4. The van der Waals surface area contributed by atoms with E-state index in [2.05, 4.69) is 13.8 Å². The number of carbonyl (C=O) groups is 1. The molecule has 0 fully saturated rings. The molecule has 1 aromatic carbocycles. The number of aromatic carboxylic acids is 1. The van der Waals surface area contributed by atoms with Crippen molar-refractivity contribution >= 4 is 28.9 Å². The first-order chi connectivity index (χ1) is 8.25. The smallest absolute Gasteiger partial charge is 0.337 e. The standard InChI is InChI=1S/C13H19ClN2O2/c1-7(2)8(3)16(4)12-10(13(17)18)5-9(15)6-11(12)14/h5-8H,15H2,1-4H3,(H,17,18). The summed E-state index contributed by atoms with van der Waals surface area (Å²) in [6.45, 7) is 6.18. The fraction of sp³-hybridized carbons (Fsp3) is 0.462. The third kappa shape index (κ3) is 2.88. The normalized spacial score (nSPS) is 12.6. The molecule has 0 aliphatic rings. The summed E-state index contributed by atoms with van der Waals surface area (Å²) in [5, 5.41) is 9.61. The van der Waals surface area contributed by atoms with Gasteiger partial charge in [-0.1, -0.05) is 25.4 Å². The Morgan fingerprint density at radius 3 is 2.39 bits per heavy atom. The van der Waals surface area contributed by atoms with Gasteiger partial charge in [0.2, 0.25) is 0 Å². The van der Waals surface area contributed by atoms with Crippen LogP contribution in [0.1, 0.15) is 31.1 Å². The number of halogens is 1. The Morgan fingerprint density at radius 2 is 1.94 bits per heavy atom. The van der Waals surface area contributed by atoms with Crippen molar-refractivity contribution in [3.05, 3.63) is 22.7 Å². The van der Waals surface area contributed by atoms with Crippen LogP contribution in [0, 0.1) is 5.92 Å². The molecule has 100 valence electrons. The van der Waals surface area contributed by atoms with Crippen LogP contribution < -0.4 is 10.6 Å². The monoisotopic (exact) mass is 270 g/mol. The number of nitrogens with zero attached hydrogens (tertiary/aromatic N) is 1. The highest BCUT2D eigenvalue weighted by atomic mass is 35.5. The molecule has 1 rings (SSSR count). The Bertz CT molecular complexity index is 461. The lowest BCUT2D eigenvalue weighted by atomic mass is 10.0. The van der Waals surface area contributed by atoms with Crippen LogP contribution in [0.4, 0.5) is 11.4 Å². The molecule has 5 heteroatoms. The summed E-state index contributed by atoms with van der Waals surface area (Å²) in [6.07, 6.45) is 0. The molecule has 0 aliphatic carbocycles. The van der Waals surface area contributed by atoms with E-state index in [1.807, 2.05) is 18.9 Å². The number of anilines is 2. The van der Waals surface area contributed by atoms with Gasteiger partial charge in [0, 0.05) is 18.8 Å². The molecular weight excluding hydrogens is 252 g/mol. The number of carboxylic acid groups (broad SMARTS) is 1. The Labute approximate surface area is 112 Å². The lowest BCUT2D eigenvalue weighted by Crippen LogP contribution is -2.34. The third-order valence-corrected chi connectivity index (χ3v) is 3.53. The van der Waals surface area contributed by atoms with Crippen LogP contribution >= 0.6 is 11.6 Å². The van der Waals surface area contributed by atoms with E-state index in [1.54, 1.807) is 6.07 Å². The van der Waals surface area contributed by atoms with Gasteiger partial charge in [-0.05, 0) is 25.0 Å². The Balaban J connectivity index is 3.34. The van der Waals surface area contributed by atoms with E-state index in [0.717, 1.165) is 0 Å². The fourth-order valence-electron chi connectivity index (χ4n) is 1.79. The number of nitrogens with two attached hydrogens (primary N) is 1. The minimum absolute atomic E-state index is 0.134. The van der Waals surface area contributed by atoms with Crippen molar-refractivity contribution < 1.29 is 9.90 Å². The molecule has 0 bridgehead atoms. The molecule has 1 atom stereocenters. The number of carboxylic acids is 1. The van der Waals surface area contributed by atoms with Gasteiger partial charge in [0.25, 0.3) is 0 Å². The lowest BCUT2D eigenvalue weighted by molar-refractivity contribution is 0.0697. The van der Waals surface area contributed by atoms with Crippen molar-refractivity contribution in [2.24, 2.45) is 5.92 Å². The Morgan fingerprint density at radius 1 is 1.39 bits per heavy atom. The molecule has 0 radical (unpaired) electrons. The number of nitrogen functional groups attached to an aromatic ring is 1. The molecule has 0 amide bonds. The van der Waals surface area contributed by atoms with E-state index >= 15 is 0 Å². The van der Waals surface area contributed by atoms with E-state index in [1.165, 1.54) is 6.07 Å². The first-order valence-electron chi connectivity index (χ1n) is 5.80. The zero-order valence-electron chi connectivity index (χ0n) is 11.1. The third-order valence-electron chi connectivity index (χ3n) is 3.24. The first kappa shape index (κ1) is 14.6.